The third-order valence-corrected chi connectivity index (χ3v) is 4.07. The number of benzene rings is 1. The summed E-state index contributed by atoms with van der Waals surface area (Å²) in [5.41, 5.74) is 7.93. The number of hydrogen-bond acceptors (Lipinski definition) is 3. The molecule has 0 amide bonds. The van der Waals surface area contributed by atoms with Crippen molar-refractivity contribution in [3.63, 3.8) is 0 Å². The largest absolute Gasteiger partial charge is 0.389 e. The summed E-state index contributed by atoms with van der Waals surface area (Å²) in [5.74, 6) is 1.01. The van der Waals surface area contributed by atoms with Crippen molar-refractivity contribution in [1.29, 1.82) is 0 Å². The Morgan fingerprint density at radius 2 is 2.06 bits per heavy atom. The van der Waals surface area contributed by atoms with Crippen molar-refractivity contribution < 1.29 is 0 Å². The van der Waals surface area contributed by atoms with Gasteiger partial charge in [0.05, 0.1) is 0 Å². The van der Waals surface area contributed by atoms with Crippen LogP contribution < -0.4 is 11.1 Å². The van der Waals surface area contributed by atoms with Crippen LogP contribution in [0.4, 0.5) is 5.69 Å². The predicted molar refractivity (Wildman–Crippen MR) is 86.7 cm³/mol. The van der Waals surface area contributed by atoms with Gasteiger partial charge in [0.25, 0.3) is 0 Å². The molecule has 1 rings (SSSR count). The topological polar surface area (TPSA) is 38.0 Å². The normalized spacial score (nSPS) is 11.3. The Morgan fingerprint density at radius 1 is 1.39 bits per heavy atom. The first-order valence-electron chi connectivity index (χ1n) is 6.25. The summed E-state index contributed by atoms with van der Waals surface area (Å²) < 4.78 is 0. The van der Waals surface area contributed by atoms with E-state index in [1.165, 1.54) is 0 Å². The molecule has 1 aromatic carbocycles. The summed E-state index contributed by atoms with van der Waals surface area (Å²) in [5, 5.41) is 3.54. The van der Waals surface area contributed by atoms with Gasteiger partial charge in [0.15, 0.2) is 0 Å². The molecule has 0 unspecified atom stereocenters. The fourth-order valence-electron chi connectivity index (χ4n) is 1.62. The lowest BCUT2D eigenvalue weighted by Gasteiger charge is -2.28. The predicted octanol–water partition coefficient (Wildman–Crippen LogP) is 4.03. The molecule has 0 fully saturated rings. The van der Waals surface area contributed by atoms with Crippen LogP contribution in [0, 0.1) is 0 Å². The van der Waals surface area contributed by atoms with E-state index in [1.807, 2.05) is 12.1 Å². The van der Waals surface area contributed by atoms with Crippen molar-refractivity contribution in [2.24, 2.45) is 5.73 Å². The number of anilines is 1. The Labute approximate surface area is 120 Å². The maximum atomic E-state index is 5.88. The van der Waals surface area contributed by atoms with Gasteiger partial charge in [-0.2, -0.15) is 0 Å². The molecule has 1 aromatic rings. The number of nitrogens with two attached hydrogens (primary N) is 1. The zero-order chi connectivity index (χ0) is 13.8. The van der Waals surface area contributed by atoms with Gasteiger partial charge < -0.3 is 11.1 Å². The Kier molecular flexibility index (Phi) is 5.47. The highest BCUT2D eigenvalue weighted by Crippen LogP contribution is 2.30. The molecule has 4 heteroatoms. The summed E-state index contributed by atoms with van der Waals surface area (Å²) in [6.07, 6.45) is 1.04. The molecule has 2 nitrogen and oxygen atoms in total. The van der Waals surface area contributed by atoms with Crippen LogP contribution in [0.2, 0.25) is 0 Å². The minimum absolute atomic E-state index is 0.0367. The fraction of sp³-hybridized carbons (Fsp3) is 0.500. The second-order valence-electron chi connectivity index (χ2n) is 4.84. The summed E-state index contributed by atoms with van der Waals surface area (Å²) >= 11 is 6.97. The van der Waals surface area contributed by atoms with Gasteiger partial charge in [-0.3, -0.25) is 0 Å². The van der Waals surface area contributed by atoms with Crippen LogP contribution in [0.3, 0.4) is 0 Å². The van der Waals surface area contributed by atoms with Crippen LogP contribution in [0.25, 0.3) is 0 Å². The van der Waals surface area contributed by atoms with Crippen LogP contribution in [0.15, 0.2) is 23.1 Å². The minimum atomic E-state index is 0.0367. The molecular weight excluding hydrogens is 260 g/mol. The Hall–Kier alpha value is -0.740. The van der Waals surface area contributed by atoms with Crippen molar-refractivity contribution in [2.75, 3.05) is 11.1 Å². The quantitative estimate of drug-likeness (QED) is 0.610. The molecule has 0 saturated carbocycles. The van der Waals surface area contributed by atoms with Gasteiger partial charge in [0.1, 0.15) is 4.99 Å². The maximum absolute atomic E-state index is 5.88. The van der Waals surface area contributed by atoms with Crippen molar-refractivity contribution in [3.05, 3.63) is 23.8 Å². The first-order valence-corrected chi connectivity index (χ1v) is 7.64. The van der Waals surface area contributed by atoms with Crippen LogP contribution in [0.5, 0.6) is 0 Å². The molecular formula is C14H22N2S2. The Balaban J connectivity index is 3.18. The van der Waals surface area contributed by atoms with E-state index in [4.69, 9.17) is 18.0 Å². The molecule has 0 saturated heterocycles. The molecule has 0 bridgehead atoms. The number of thioether (sulfide) groups is 1. The molecule has 0 aliphatic rings. The SMILES string of the molecule is CCSc1cccc(NC(C)(C)CC)c1C(N)=S. The molecule has 3 N–H and O–H groups in total. The third-order valence-electron chi connectivity index (χ3n) is 2.93. The van der Waals surface area contributed by atoms with E-state index < -0.39 is 0 Å². The summed E-state index contributed by atoms with van der Waals surface area (Å²) in [6, 6.07) is 6.17. The van der Waals surface area contributed by atoms with E-state index in [0.29, 0.717) is 4.99 Å². The van der Waals surface area contributed by atoms with E-state index in [1.54, 1.807) is 11.8 Å². The Morgan fingerprint density at radius 3 is 2.56 bits per heavy atom. The van der Waals surface area contributed by atoms with Gasteiger partial charge in [-0.05, 0) is 38.2 Å². The Bertz CT molecular complexity index is 428. The molecule has 0 aliphatic carbocycles. The molecule has 0 atom stereocenters. The highest BCUT2D eigenvalue weighted by molar-refractivity contribution is 7.99. The summed E-state index contributed by atoms with van der Waals surface area (Å²) in [7, 11) is 0. The van der Waals surface area contributed by atoms with Gasteiger partial charge in [-0.1, -0.05) is 32.1 Å². The average Bonchev–Trinajstić information content (AvgIpc) is 2.28. The first kappa shape index (κ1) is 15.3. The second-order valence-corrected chi connectivity index (χ2v) is 6.58. The lowest BCUT2D eigenvalue weighted by atomic mass is 10.0. The van der Waals surface area contributed by atoms with Crippen LogP contribution >= 0.6 is 24.0 Å². The number of thiocarbonyl (C=S) groups is 1. The van der Waals surface area contributed by atoms with Crippen molar-refractivity contribution >= 4 is 34.7 Å². The fourth-order valence-corrected chi connectivity index (χ4v) is 2.75. The van der Waals surface area contributed by atoms with Crippen LogP contribution in [0.1, 0.15) is 39.7 Å². The van der Waals surface area contributed by atoms with Crippen molar-refractivity contribution in [2.45, 2.75) is 44.6 Å². The third kappa shape index (κ3) is 3.89. The monoisotopic (exact) mass is 282 g/mol. The van der Waals surface area contributed by atoms with Gasteiger partial charge >= 0.3 is 0 Å². The highest BCUT2D eigenvalue weighted by atomic mass is 32.2. The summed E-state index contributed by atoms with van der Waals surface area (Å²) in [4.78, 5) is 1.61. The lowest BCUT2D eigenvalue weighted by molar-refractivity contribution is 0.547. The highest BCUT2D eigenvalue weighted by Gasteiger charge is 2.18. The molecule has 0 radical (unpaired) electrons. The van der Waals surface area contributed by atoms with E-state index in [2.05, 4.69) is 39.1 Å². The molecule has 0 spiro atoms. The number of hydrogen-bond donors (Lipinski definition) is 2. The van der Waals surface area contributed by atoms with E-state index in [-0.39, 0.29) is 5.54 Å². The molecule has 18 heavy (non-hydrogen) atoms. The molecule has 0 aliphatic heterocycles. The molecule has 0 heterocycles. The van der Waals surface area contributed by atoms with E-state index in [0.717, 1.165) is 28.3 Å². The molecule has 100 valence electrons. The van der Waals surface area contributed by atoms with Crippen molar-refractivity contribution in [1.82, 2.24) is 0 Å². The van der Waals surface area contributed by atoms with Gasteiger partial charge in [0, 0.05) is 21.7 Å². The standard InChI is InChI=1S/C14H22N2S2/c1-5-14(3,4)16-10-8-7-9-11(18-6-2)12(10)13(15)17/h7-9,16H,5-6H2,1-4H3,(H2,15,17). The van der Waals surface area contributed by atoms with Crippen molar-refractivity contribution in [3.8, 4) is 0 Å². The first-order chi connectivity index (χ1) is 8.41. The van der Waals surface area contributed by atoms with Crippen LogP contribution in [-0.4, -0.2) is 16.3 Å². The average molecular weight is 282 g/mol. The zero-order valence-electron chi connectivity index (χ0n) is 11.5. The van der Waals surface area contributed by atoms with E-state index in [9.17, 15) is 0 Å². The number of nitrogens with one attached hydrogen (secondary N) is 1. The van der Waals surface area contributed by atoms with E-state index >= 15 is 0 Å². The van der Waals surface area contributed by atoms with Gasteiger partial charge in [-0.25, -0.2) is 0 Å². The van der Waals surface area contributed by atoms with Gasteiger partial charge in [-0.15, -0.1) is 11.8 Å². The summed E-state index contributed by atoms with van der Waals surface area (Å²) in [6.45, 7) is 8.65. The lowest BCUT2D eigenvalue weighted by Crippen LogP contribution is -2.31. The molecule has 0 aromatic heterocycles. The second kappa shape index (κ2) is 6.43. The van der Waals surface area contributed by atoms with Gasteiger partial charge in [0.2, 0.25) is 0 Å². The minimum Gasteiger partial charge on any atom is -0.389 e. The zero-order valence-corrected chi connectivity index (χ0v) is 13.2. The number of rotatable bonds is 6. The smallest absolute Gasteiger partial charge is 0.107 e. The van der Waals surface area contributed by atoms with Crippen LogP contribution in [-0.2, 0) is 0 Å². The maximum Gasteiger partial charge on any atom is 0.107 e.